The zero-order chi connectivity index (χ0) is 15.3. The van der Waals surface area contributed by atoms with Gasteiger partial charge >= 0.3 is 0 Å². The average molecular weight is 294 g/mol. The number of nitrogens with one attached hydrogen (secondary N) is 2. The van der Waals surface area contributed by atoms with E-state index in [1.165, 1.54) is 0 Å². The molecule has 0 unspecified atom stereocenters. The number of benzene rings is 1. The molecule has 2 heterocycles. The number of amides is 1. The van der Waals surface area contributed by atoms with Crippen molar-refractivity contribution >= 4 is 11.6 Å². The smallest absolute Gasteiger partial charge is 0.292 e. The fourth-order valence-electron chi connectivity index (χ4n) is 3.10. The molecule has 6 heteroatoms. The second kappa shape index (κ2) is 4.56. The number of aromatic nitrogens is 3. The van der Waals surface area contributed by atoms with E-state index in [0.717, 1.165) is 22.5 Å². The predicted octanol–water partition coefficient (Wildman–Crippen LogP) is 1.34. The molecule has 22 heavy (non-hydrogen) atoms. The standard InChI is InChI=1S/C16H14N4O2/c1-2-17-15(21)10-5-3-4-9-11(10)8-12-13(9)19-16(22)14-18-6-7-20(12)14/h3-7H,2,8H2,1H3,(H,17,21)(H,19,22). The molecule has 2 N–H and O–H groups in total. The molecule has 0 fully saturated rings. The van der Waals surface area contributed by atoms with Gasteiger partial charge in [0.2, 0.25) is 5.65 Å². The van der Waals surface area contributed by atoms with Gasteiger partial charge in [0.25, 0.3) is 11.5 Å². The Balaban J connectivity index is 1.97. The van der Waals surface area contributed by atoms with Crippen molar-refractivity contribution in [3.05, 3.63) is 57.8 Å². The van der Waals surface area contributed by atoms with Crippen molar-refractivity contribution in [1.29, 1.82) is 0 Å². The van der Waals surface area contributed by atoms with Gasteiger partial charge in [-0.05, 0) is 18.6 Å². The van der Waals surface area contributed by atoms with Gasteiger partial charge in [-0.2, -0.15) is 0 Å². The van der Waals surface area contributed by atoms with Crippen molar-refractivity contribution < 1.29 is 4.79 Å². The predicted molar refractivity (Wildman–Crippen MR) is 82.1 cm³/mol. The van der Waals surface area contributed by atoms with Crippen LogP contribution < -0.4 is 10.9 Å². The first kappa shape index (κ1) is 12.8. The molecule has 0 atom stereocenters. The molecule has 0 spiro atoms. The zero-order valence-corrected chi connectivity index (χ0v) is 12.0. The van der Waals surface area contributed by atoms with Gasteiger partial charge in [0, 0.05) is 36.5 Å². The fourth-order valence-corrected chi connectivity index (χ4v) is 3.10. The van der Waals surface area contributed by atoms with Crippen molar-refractivity contribution in [2.75, 3.05) is 6.54 Å². The third kappa shape index (κ3) is 1.64. The molecule has 3 aromatic rings. The van der Waals surface area contributed by atoms with Crippen LogP contribution in [0.3, 0.4) is 0 Å². The molecule has 1 aliphatic rings. The maximum Gasteiger partial charge on any atom is 0.292 e. The number of hydrogen-bond acceptors (Lipinski definition) is 3. The van der Waals surface area contributed by atoms with E-state index in [1.807, 2.05) is 25.1 Å². The Kier molecular flexibility index (Phi) is 2.66. The molecule has 1 aliphatic carbocycles. The fraction of sp³-hybridized carbons (Fsp3) is 0.188. The number of fused-ring (bicyclic) bond motifs is 5. The number of H-pyrrole nitrogens is 1. The molecular weight excluding hydrogens is 280 g/mol. The van der Waals surface area contributed by atoms with Crippen LogP contribution in [0, 0.1) is 0 Å². The van der Waals surface area contributed by atoms with E-state index in [4.69, 9.17) is 0 Å². The number of carbonyl (C=O) groups excluding carboxylic acids is 1. The van der Waals surface area contributed by atoms with Crippen LogP contribution in [0.25, 0.3) is 16.9 Å². The summed E-state index contributed by atoms with van der Waals surface area (Å²) in [4.78, 5) is 31.3. The summed E-state index contributed by atoms with van der Waals surface area (Å²) in [6.45, 7) is 2.47. The summed E-state index contributed by atoms with van der Waals surface area (Å²) in [6.07, 6.45) is 3.99. The van der Waals surface area contributed by atoms with E-state index in [2.05, 4.69) is 15.3 Å². The summed E-state index contributed by atoms with van der Waals surface area (Å²) in [6, 6.07) is 5.59. The Morgan fingerprint density at radius 2 is 2.32 bits per heavy atom. The molecule has 2 aromatic heterocycles. The van der Waals surface area contributed by atoms with E-state index in [1.54, 1.807) is 16.8 Å². The van der Waals surface area contributed by atoms with Gasteiger partial charge < -0.3 is 10.3 Å². The van der Waals surface area contributed by atoms with Gasteiger partial charge in [0.1, 0.15) is 0 Å². The minimum absolute atomic E-state index is 0.0867. The molecule has 0 aliphatic heterocycles. The highest BCUT2D eigenvalue weighted by Gasteiger charge is 2.26. The zero-order valence-electron chi connectivity index (χ0n) is 12.0. The van der Waals surface area contributed by atoms with Crippen molar-refractivity contribution in [2.24, 2.45) is 0 Å². The van der Waals surface area contributed by atoms with E-state index < -0.39 is 0 Å². The topological polar surface area (TPSA) is 79.3 Å². The van der Waals surface area contributed by atoms with Crippen LogP contribution >= 0.6 is 0 Å². The second-order valence-electron chi connectivity index (χ2n) is 5.26. The summed E-state index contributed by atoms with van der Waals surface area (Å²) < 4.78 is 1.80. The average Bonchev–Trinajstić information content (AvgIpc) is 3.12. The maximum atomic E-state index is 12.2. The Bertz CT molecular complexity index is 968. The van der Waals surface area contributed by atoms with Crippen LogP contribution in [0.5, 0.6) is 0 Å². The number of hydrogen-bond donors (Lipinski definition) is 2. The van der Waals surface area contributed by atoms with Gasteiger partial charge in [-0.15, -0.1) is 0 Å². The molecule has 0 radical (unpaired) electrons. The van der Waals surface area contributed by atoms with Crippen LogP contribution in [-0.4, -0.2) is 26.8 Å². The Labute approximate surface area is 125 Å². The van der Waals surface area contributed by atoms with Gasteiger partial charge in [-0.3, -0.25) is 14.0 Å². The summed E-state index contributed by atoms with van der Waals surface area (Å²) in [5.41, 5.74) is 4.40. The maximum absolute atomic E-state index is 12.2. The lowest BCUT2D eigenvalue weighted by atomic mass is 10.0. The van der Waals surface area contributed by atoms with Gasteiger partial charge in [-0.1, -0.05) is 12.1 Å². The first-order valence-corrected chi connectivity index (χ1v) is 7.19. The van der Waals surface area contributed by atoms with E-state index in [9.17, 15) is 9.59 Å². The molecule has 110 valence electrons. The first-order valence-electron chi connectivity index (χ1n) is 7.19. The number of rotatable bonds is 2. The minimum atomic E-state index is -0.222. The Morgan fingerprint density at radius 1 is 1.45 bits per heavy atom. The SMILES string of the molecule is CCNC(=O)c1cccc2c1Cc1c-2[nH]c(=O)c2nccn12. The summed E-state index contributed by atoms with van der Waals surface area (Å²) >= 11 is 0. The van der Waals surface area contributed by atoms with Crippen LogP contribution in [0.1, 0.15) is 28.5 Å². The van der Waals surface area contributed by atoms with E-state index >= 15 is 0 Å². The molecule has 6 nitrogen and oxygen atoms in total. The highest BCUT2D eigenvalue weighted by atomic mass is 16.1. The van der Waals surface area contributed by atoms with Crippen molar-refractivity contribution in [2.45, 2.75) is 13.3 Å². The molecule has 1 amide bonds. The molecule has 1 aromatic carbocycles. The van der Waals surface area contributed by atoms with Crippen LogP contribution in [-0.2, 0) is 6.42 Å². The largest absolute Gasteiger partial charge is 0.352 e. The minimum Gasteiger partial charge on any atom is -0.352 e. The van der Waals surface area contributed by atoms with E-state index in [0.29, 0.717) is 24.2 Å². The lowest BCUT2D eigenvalue weighted by molar-refractivity contribution is 0.0955. The van der Waals surface area contributed by atoms with Crippen LogP contribution in [0.15, 0.2) is 35.4 Å². The number of carbonyl (C=O) groups is 1. The lowest BCUT2D eigenvalue weighted by Gasteiger charge is -2.07. The lowest BCUT2D eigenvalue weighted by Crippen LogP contribution is -2.23. The second-order valence-corrected chi connectivity index (χ2v) is 5.26. The highest BCUT2D eigenvalue weighted by Crippen LogP contribution is 2.36. The van der Waals surface area contributed by atoms with Gasteiger partial charge in [-0.25, -0.2) is 4.98 Å². The number of nitrogens with zero attached hydrogens (tertiary/aromatic N) is 2. The summed E-state index contributed by atoms with van der Waals surface area (Å²) in [5, 5.41) is 2.83. The van der Waals surface area contributed by atoms with Crippen molar-refractivity contribution in [3.8, 4) is 11.3 Å². The number of aromatic amines is 1. The van der Waals surface area contributed by atoms with Gasteiger partial charge in [0.05, 0.1) is 11.4 Å². The van der Waals surface area contributed by atoms with Crippen molar-refractivity contribution in [1.82, 2.24) is 19.7 Å². The molecule has 0 bridgehead atoms. The normalized spacial score (nSPS) is 12.2. The summed E-state index contributed by atoms with van der Waals surface area (Å²) in [5.74, 6) is -0.0867. The molecule has 0 saturated heterocycles. The molecular formula is C16H14N4O2. The van der Waals surface area contributed by atoms with Gasteiger partial charge in [0.15, 0.2) is 0 Å². The number of imidazole rings is 1. The molecule has 0 saturated carbocycles. The van der Waals surface area contributed by atoms with Crippen molar-refractivity contribution in [3.63, 3.8) is 0 Å². The monoisotopic (exact) mass is 294 g/mol. The Hall–Kier alpha value is -2.89. The quantitative estimate of drug-likeness (QED) is 0.585. The third-order valence-electron chi connectivity index (χ3n) is 4.03. The Morgan fingerprint density at radius 3 is 3.14 bits per heavy atom. The third-order valence-corrected chi connectivity index (χ3v) is 4.03. The molecule has 4 rings (SSSR count). The van der Waals surface area contributed by atoms with E-state index in [-0.39, 0.29) is 11.5 Å². The summed E-state index contributed by atoms with van der Waals surface area (Å²) in [7, 11) is 0. The highest BCUT2D eigenvalue weighted by molar-refractivity contribution is 5.98. The first-order chi connectivity index (χ1) is 10.7. The van der Waals surface area contributed by atoms with Crippen LogP contribution in [0.4, 0.5) is 0 Å². The van der Waals surface area contributed by atoms with Crippen LogP contribution in [0.2, 0.25) is 0 Å².